The lowest BCUT2D eigenvalue weighted by Gasteiger charge is -2.05. The maximum atomic E-state index is 11.2. The SMILES string of the molecule is C=Cc1cnc(NC)c(C(C)=O)c1. The van der Waals surface area contributed by atoms with Gasteiger partial charge < -0.3 is 5.32 Å². The van der Waals surface area contributed by atoms with Crippen molar-refractivity contribution in [1.29, 1.82) is 0 Å². The number of anilines is 1. The molecule has 0 saturated heterocycles. The third-order valence-corrected chi connectivity index (χ3v) is 1.76. The smallest absolute Gasteiger partial charge is 0.163 e. The lowest BCUT2D eigenvalue weighted by molar-refractivity contribution is 0.101. The van der Waals surface area contributed by atoms with Gasteiger partial charge in [0.25, 0.3) is 0 Å². The van der Waals surface area contributed by atoms with Crippen molar-refractivity contribution in [2.75, 3.05) is 12.4 Å². The van der Waals surface area contributed by atoms with Crippen molar-refractivity contribution in [3.05, 3.63) is 30.0 Å². The van der Waals surface area contributed by atoms with Crippen molar-refractivity contribution in [2.45, 2.75) is 6.92 Å². The second-order valence-electron chi connectivity index (χ2n) is 2.68. The molecule has 0 spiro atoms. The van der Waals surface area contributed by atoms with Crippen LogP contribution >= 0.6 is 0 Å². The zero-order chi connectivity index (χ0) is 9.84. The molecule has 0 bridgehead atoms. The molecule has 0 atom stereocenters. The van der Waals surface area contributed by atoms with Gasteiger partial charge in [-0.15, -0.1) is 0 Å². The quantitative estimate of drug-likeness (QED) is 0.716. The topological polar surface area (TPSA) is 42.0 Å². The number of Topliss-reactive ketones (excluding diaryl/α,β-unsaturated/α-hetero) is 1. The molecule has 0 saturated carbocycles. The van der Waals surface area contributed by atoms with E-state index in [1.54, 1.807) is 25.4 Å². The van der Waals surface area contributed by atoms with Gasteiger partial charge in [0.05, 0.1) is 5.56 Å². The zero-order valence-corrected chi connectivity index (χ0v) is 7.79. The van der Waals surface area contributed by atoms with E-state index in [2.05, 4.69) is 16.9 Å². The monoisotopic (exact) mass is 176 g/mol. The van der Waals surface area contributed by atoms with Crippen LogP contribution < -0.4 is 5.32 Å². The normalized spacial score (nSPS) is 9.38. The van der Waals surface area contributed by atoms with Crippen LogP contribution in [-0.4, -0.2) is 17.8 Å². The molecule has 0 aliphatic rings. The van der Waals surface area contributed by atoms with Gasteiger partial charge in [-0.3, -0.25) is 4.79 Å². The minimum absolute atomic E-state index is 0.000509. The van der Waals surface area contributed by atoms with Crippen molar-refractivity contribution in [3.63, 3.8) is 0 Å². The largest absolute Gasteiger partial charge is 0.373 e. The Morgan fingerprint density at radius 3 is 2.85 bits per heavy atom. The van der Waals surface area contributed by atoms with E-state index in [1.165, 1.54) is 6.92 Å². The van der Waals surface area contributed by atoms with Gasteiger partial charge in [-0.05, 0) is 18.6 Å². The van der Waals surface area contributed by atoms with Gasteiger partial charge in [0.1, 0.15) is 5.82 Å². The molecule has 1 N–H and O–H groups in total. The molecule has 0 radical (unpaired) electrons. The predicted octanol–water partition coefficient (Wildman–Crippen LogP) is 1.97. The van der Waals surface area contributed by atoms with E-state index in [0.717, 1.165) is 5.56 Å². The summed E-state index contributed by atoms with van der Waals surface area (Å²) in [5.41, 5.74) is 1.45. The Hall–Kier alpha value is -1.64. The third kappa shape index (κ3) is 1.93. The fourth-order valence-electron chi connectivity index (χ4n) is 1.06. The molecule has 13 heavy (non-hydrogen) atoms. The molecule has 1 aromatic heterocycles. The van der Waals surface area contributed by atoms with Gasteiger partial charge in [0.2, 0.25) is 0 Å². The van der Waals surface area contributed by atoms with Crippen LogP contribution in [0, 0.1) is 0 Å². The summed E-state index contributed by atoms with van der Waals surface area (Å²) in [4.78, 5) is 15.3. The van der Waals surface area contributed by atoms with E-state index < -0.39 is 0 Å². The number of hydrogen-bond acceptors (Lipinski definition) is 3. The first-order valence-electron chi connectivity index (χ1n) is 4.00. The van der Waals surface area contributed by atoms with E-state index in [9.17, 15) is 4.79 Å². The molecule has 68 valence electrons. The Morgan fingerprint density at radius 2 is 2.38 bits per heavy atom. The molecule has 1 heterocycles. The van der Waals surface area contributed by atoms with E-state index in [1.807, 2.05) is 0 Å². The lowest BCUT2D eigenvalue weighted by Crippen LogP contribution is -2.02. The Morgan fingerprint density at radius 1 is 1.69 bits per heavy atom. The van der Waals surface area contributed by atoms with Crippen molar-refractivity contribution >= 4 is 17.7 Å². The number of pyridine rings is 1. The number of aromatic nitrogens is 1. The van der Waals surface area contributed by atoms with Crippen LogP contribution in [-0.2, 0) is 0 Å². The second kappa shape index (κ2) is 3.85. The summed E-state index contributed by atoms with van der Waals surface area (Å²) < 4.78 is 0. The number of carbonyl (C=O) groups excluding carboxylic acids is 1. The van der Waals surface area contributed by atoms with Gasteiger partial charge in [-0.25, -0.2) is 4.98 Å². The molecular weight excluding hydrogens is 164 g/mol. The summed E-state index contributed by atoms with van der Waals surface area (Å²) in [6.07, 6.45) is 3.34. The van der Waals surface area contributed by atoms with E-state index >= 15 is 0 Å². The molecule has 1 aromatic rings. The van der Waals surface area contributed by atoms with Gasteiger partial charge in [-0.1, -0.05) is 12.7 Å². The van der Waals surface area contributed by atoms with Crippen molar-refractivity contribution in [1.82, 2.24) is 4.98 Å². The van der Waals surface area contributed by atoms with E-state index in [-0.39, 0.29) is 5.78 Å². The molecule has 0 aliphatic heterocycles. The van der Waals surface area contributed by atoms with Crippen molar-refractivity contribution < 1.29 is 4.79 Å². The third-order valence-electron chi connectivity index (χ3n) is 1.76. The van der Waals surface area contributed by atoms with Gasteiger partial charge in [-0.2, -0.15) is 0 Å². The van der Waals surface area contributed by atoms with E-state index in [0.29, 0.717) is 11.4 Å². The number of carbonyl (C=O) groups is 1. The van der Waals surface area contributed by atoms with Crippen LogP contribution in [0.3, 0.4) is 0 Å². The summed E-state index contributed by atoms with van der Waals surface area (Å²) in [5.74, 6) is 0.610. The van der Waals surface area contributed by atoms with E-state index in [4.69, 9.17) is 0 Å². The molecule has 3 heteroatoms. The number of nitrogens with one attached hydrogen (secondary N) is 1. The van der Waals surface area contributed by atoms with Crippen molar-refractivity contribution in [3.8, 4) is 0 Å². The molecular formula is C10H12N2O. The second-order valence-corrected chi connectivity index (χ2v) is 2.68. The maximum absolute atomic E-state index is 11.2. The minimum Gasteiger partial charge on any atom is -0.373 e. The maximum Gasteiger partial charge on any atom is 0.163 e. The minimum atomic E-state index is 0.000509. The first-order valence-corrected chi connectivity index (χ1v) is 4.00. The molecule has 3 nitrogen and oxygen atoms in total. The highest BCUT2D eigenvalue weighted by Crippen LogP contribution is 2.14. The number of hydrogen-bond donors (Lipinski definition) is 1. The number of rotatable bonds is 3. The van der Waals surface area contributed by atoms with Crippen LogP contribution in [0.25, 0.3) is 6.08 Å². The average molecular weight is 176 g/mol. The van der Waals surface area contributed by atoms with Crippen LogP contribution in [0.4, 0.5) is 5.82 Å². The Labute approximate surface area is 77.5 Å². The lowest BCUT2D eigenvalue weighted by atomic mass is 10.1. The molecule has 1 rings (SSSR count). The fourth-order valence-corrected chi connectivity index (χ4v) is 1.06. The van der Waals surface area contributed by atoms with Gasteiger partial charge >= 0.3 is 0 Å². The number of nitrogens with zero attached hydrogens (tertiary/aromatic N) is 1. The summed E-state index contributed by atoms with van der Waals surface area (Å²) in [5, 5.41) is 2.86. The Kier molecular flexibility index (Phi) is 2.80. The predicted molar refractivity (Wildman–Crippen MR) is 53.9 cm³/mol. The summed E-state index contributed by atoms with van der Waals surface area (Å²) in [7, 11) is 1.74. The summed E-state index contributed by atoms with van der Waals surface area (Å²) in [6.45, 7) is 5.13. The Balaban J connectivity index is 3.25. The summed E-state index contributed by atoms with van der Waals surface area (Å²) in [6, 6.07) is 1.77. The van der Waals surface area contributed by atoms with Crippen molar-refractivity contribution in [2.24, 2.45) is 0 Å². The Bertz CT molecular complexity index is 345. The fraction of sp³-hybridized carbons (Fsp3) is 0.200. The standard InChI is InChI=1S/C10H12N2O/c1-4-8-5-9(7(2)13)10(11-3)12-6-8/h4-6H,1H2,2-3H3,(H,11,12). The zero-order valence-electron chi connectivity index (χ0n) is 7.79. The van der Waals surface area contributed by atoms with Gasteiger partial charge in [0.15, 0.2) is 5.78 Å². The van der Waals surface area contributed by atoms with Crippen LogP contribution in [0.15, 0.2) is 18.8 Å². The molecule has 0 aliphatic carbocycles. The molecule has 0 amide bonds. The highest BCUT2D eigenvalue weighted by atomic mass is 16.1. The first kappa shape index (κ1) is 9.45. The highest BCUT2D eigenvalue weighted by molar-refractivity contribution is 5.99. The number of ketones is 1. The first-order chi connectivity index (χ1) is 6.19. The highest BCUT2D eigenvalue weighted by Gasteiger charge is 2.06. The van der Waals surface area contributed by atoms with Crippen LogP contribution in [0.1, 0.15) is 22.8 Å². The van der Waals surface area contributed by atoms with Crippen LogP contribution in [0.2, 0.25) is 0 Å². The van der Waals surface area contributed by atoms with Crippen LogP contribution in [0.5, 0.6) is 0 Å². The molecule has 0 unspecified atom stereocenters. The molecule has 0 aromatic carbocycles. The molecule has 0 fully saturated rings. The average Bonchev–Trinajstić information content (AvgIpc) is 2.16. The summed E-state index contributed by atoms with van der Waals surface area (Å²) >= 11 is 0. The van der Waals surface area contributed by atoms with Gasteiger partial charge in [0, 0.05) is 13.2 Å².